The Morgan fingerprint density at radius 3 is 2.93 bits per heavy atom. The van der Waals surface area contributed by atoms with Crippen molar-refractivity contribution in [3.05, 3.63) is 23.7 Å². The zero-order chi connectivity index (χ0) is 10.8. The smallest absolute Gasteiger partial charge is 0.120 e. The zero-order valence-electron chi connectivity index (χ0n) is 9.92. The second-order valence-electron chi connectivity index (χ2n) is 4.73. The fourth-order valence-corrected chi connectivity index (χ4v) is 2.23. The third-order valence-corrected chi connectivity index (χ3v) is 3.23. The standard InChI is InChI=1S/C13H21NO/c1-4-5-11-8-12(11)14-10(3)13-7-6-9(2)15-13/h6-7,10-12,14H,4-5,8H2,1-3H3. The van der Waals surface area contributed by atoms with Gasteiger partial charge >= 0.3 is 0 Å². The largest absolute Gasteiger partial charge is 0.465 e. The SMILES string of the molecule is CCCC1CC1NC(C)c1ccc(C)o1. The number of rotatable bonds is 5. The minimum atomic E-state index is 0.352. The van der Waals surface area contributed by atoms with Crippen molar-refractivity contribution >= 4 is 0 Å². The average Bonchev–Trinajstić information content (AvgIpc) is 2.76. The summed E-state index contributed by atoms with van der Waals surface area (Å²) in [6.45, 7) is 6.43. The molecule has 0 amide bonds. The molecule has 2 heteroatoms. The molecule has 1 aliphatic rings. The van der Waals surface area contributed by atoms with E-state index in [1.807, 2.05) is 13.0 Å². The van der Waals surface area contributed by atoms with Gasteiger partial charge in [-0.05, 0) is 44.7 Å². The van der Waals surface area contributed by atoms with Crippen LogP contribution in [0.4, 0.5) is 0 Å². The Balaban J connectivity index is 1.81. The van der Waals surface area contributed by atoms with E-state index >= 15 is 0 Å². The molecule has 2 rings (SSSR count). The minimum Gasteiger partial charge on any atom is -0.465 e. The van der Waals surface area contributed by atoms with Crippen molar-refractivity contribution < 1.29 is 4.42 Å². The third kappa shape index (κ3) is 2.63. The van der Waals surface area contributed by atoms with Gasteiger partial charge in [0.1, 0.15) is 11.5 Å². The van der Waals surface area contributed by atoms with Crippen LogP contribution in [0.3, 0.4) is 0 Å². The molecular weight excluding hydrogens is 186 g/mol. The highest BCUT2D eigenvalue weighted by Crippen LogP contribution is 2.36. The van der Waals surface area contributed by atoms with Crippen LogP contribution in [-0.2, 0) is 0 Å². The monoisotopic (exact) mass is 207 g/mol. The first-order valence-electron chi connectivity index (χ1n) is 6.03. The second kappa shape index (κ2) is 4.40. The maximum Gasteiger partial charge on any atom is 0.120 e. The van der Waals surface area contributed by atoms with E-state index in [1.54, 1.807) is 0 Å². The fourth-order valence-electron chi connectivity index (χ4n) is 2.23. The molecule has 84 valence electrons. The van der Waals surface area contributed by atoms with Crippen LogP contribution in [0.5, 0.6) is 0 Å². The zero-order valence-corrected chi connectivity index (χ0v) is 9.92. The summed E-state index contributed by atoms with van der Waals surface area (Å²) in [5, 5.41) is 3.62. The van der Waals surface area contributed by atoms with Crippen LogP contribution < -0.4 is 5.32 Å². The van der Waals surface area contributed by atoms with E-state index in [0.29, 0.717) is 6.04 Å². The molecule has 1 aliphatic carbocycles. The number of hydrogen-bond acceptors (Lipinski definition) is 2. The average molecular weight is 207 g/mol. The molecule has 15 heavy (non-hydrogen) atoms. The van der Waals surface area contributed by atoms with Crippen molar-refractivity contribution in [3.8, 4) is 0 Å². The maximum atomic E-state index is 5.61. The molecule has 1 fully saturated rings. The molecule has 0 bridgehead atoms. The summed E-state index contributed by atoms with van der Waals surface area (Å²) >= 11 is 0. The molecule has 1 aromatic heterocycles. The van der Waals surface area contributed by atoms with Gasteiger partial charge in [0, 0.05) is 6.04 Å². The summed E-state index contributed by atoms with van der Waals surface area (Å²) in [6, 6.07) is 5.18. The minimum absolute atomic E-state index is 0.352. The highest BCUT2D eigenvalue weighted by atomic mass is 16.3. The highest BCUT2D eigenvalue weighted by Gasteiger charge is 2.36. The van der Waals surface area contributed by atoms with E-state index in [2.05, 4.69) is 25.2 Å². The van der Waals surface area contributed by atoms with Crippen LogP contribution >= 0.6 is 0 Å². The molecule has 2 nitrogen and oxygen atoms in total. The molecule has 1 heterocycles. The Bertz CT molecular complexity index is 318. The summed E-state index contributed by atoms with van der Waals surface area (Å²) < 4.78 is 5.61. The maximum absolute atomic E-state index is 5.61. The lowest BCUT2D eigenvalue weighted by Gasteiger charge is -2.10. The molecule has 1 saturated carbocycles. The Kier molecular flexibility index (Phi) is 3.15. The van der Waals surface area contributed by atoms with Crippen molar-refractivity contribution in [2.75, 3.05) is 0 Å². The number of hydrogen-bond donors (Lipinski definition) is 1. The molecule has 3 unspecified atom stereocenters. The molecule has 0 aliphatic heterocycles. The van der Waals surface area contributed by atoms with Crippen LogP contribution in [0.1, 0.15) is 50.7 Å². The van der Waals surface area contributed by atoms with Gasteiger partial charge in [-0.15, -0.1) is 0 Å². The van der Waals surface area contributed by atoms with Gasteiger partial charge in [0.15, 0.2) is 0 Å². The normalized spacial score (nSPS) is 26.6. The van der Waals surface area contributed by atoms with Crippen molar-refractivity contribution in [1.29, 1.82) is 0 Å². The lowest BCUT2D eigenvalue weighted by atomic mass is 10.2. The van der Waals surface area contributed by atoms with Crippen molar-refractivity contribution in [1.82, 2.24) is 5.32 Å². The van der Waals surface area contributed by atoms with E-state index in [9.17, 15) is 0 Å². The molecule has 0 saturated heterocycles. The van der Waals surface area contributed by atoms with E-state index < -0.39 is 0 Å². The van der Waals surface area contributed by atoms with E-state index in [4.69, 9.17) is 4.42 Å². The Labute approximate surface area is 92.1 Å². The van der Waals surface area contributed by atoms with Gasteiger partial charge in [0.25, 0.3) is 0 Å². The summed E-state index contributed by atoms with van der Waals surface area (Å²) in [7, 11) is 0. The molecule has 0 radical (unpaired) electrons. The number of furan rings is 1. The predicted octanol–water partition coefficient (Wildman–Crippen LogP) is 3.43. The van der Waals surface area contributed by atoms with Crippen molar-refractivity contribution in [3.63, 3.8) is 0 Å². The molecular formula is C13H21NO. The Morgan fingerprint density at radius 2 is 2.33 bits per heavy atom. The van der Waals surface area contributed by atoms with Crippen molar-refractivity contribution in [2.24, 2.45) is 5.92 Å². The van der Waals surface area contributed by atoms with Crippen LogP contribution in [-0.4, -0.2) is 6.04 Å². The molecule has 3 atom stereocenters. The molecule has 1 aromatic rings. The Hall–Kier alpha value is -0.760. The van der Waals surface area contributed by atoms with Gasteiger partial charge in [0.2, 0.25) is 0 Å². The van der Waals surface area contributed by atoms with Gasteiger partial charge in [-0.25, -0.2) is 0 Å². The summed E-state index contributed by atoms with van der Waals surface area (Å²) in [5.74, 6) is 2.97. The van der Waals surface area contributed by atoms with E-state index in [0.717, 1.165) is 23.5 Å². The Morgan fingerprint density at radius 1 is 1.53 bits per heavy atom. The second-order valence-corrected chi connectivity index (χ2v) is 4.73. The summed E-state index contributed by atoms with van der Waals surface area (Å²) in [5.41, 5.74) is 0. The van der Waals surface area contributed by atoms with E-state index in [-0.39, 0.29) is 0 Å². The first-order valence-corrected chi connectivity index (χ1v) is 6.03. The first kappa shape index (κ1) is 10.7. The molecule has 0 spiro atoms. The third-order valence-electron chi connectivity index (χ3n) is 3.23. The van der Waals surface area contributed by atoms with Gasteiger partial charge in [0.05, 0.1) is 6.04 Å². The first-order chi connectivity index (χ1) is 7.20. The topological polar surface area (TPSA) is 25.2 Å². The molecule has 1 N–H and O–H groups in total. The van der Waals surface area contributed by atoms with Crippen LogP contribution in [0.15, 0.2) is 16.5 Å². The fraction of sp³-hybridized carbons (Fsp3) is 0.692. The van der Waals surface area contributed by atoms with Gasteiger partial charge in [-0.3, -0.25) is 0 Å². The number of nitrogens with one attached hydrogen (secondary N) is 1. The van der Waals surface area contributed by atoms with Crippen LogP contribution in [0.2, 0.25) is 0 Å². The quantitative estimate of drug-likeness (QED) is 0.800. The summed E-state index contributed by atoms with van der Waals surface area (Å²) in [4.78, 5) is 0. The lowest BCUT2D eigenvalue weighted by molar-refractivity contribution is 0.408. The predicted molar refractivity (Wildman–Crippen MR) is 61.8 cm³/mol. The number of aryl methyl sites for hydroxylation is 1. The van der Waals surface area contributed by atoms with Crippen LogP contribution in [0, 0.1) is 12.8 Å². The van der Waals surface area contributed by atoms with E-state index in [1.165, 1.54) is 19.3 Å². The lowest BCUT2D eigenvalue weighted by Crippen LogP contribution is -2.22. The van der Waals surface area contributed by atoms with Gasteiger partial charge in [-0.1, -0.05) is 13.3 Å². The molecule has 0 aromatic carbocycles. The highest BCUT2D eigenvalue weighted by molar-refractivity contribution is 5.10. The van der Waals surface area contributed by atoms with Crippen LogP contribution in [0.25, 0.3) is 0 Å². The van der Waals surface area contributed by atoms with Crippen molar-refractivity contribution in [2.45, 2.75) is 52.1 Å². The van der Waals surface area contributed by atoms with Gasteiger partial charge in [-0.2, -0.15) is 0 Å². The van der Waals surface area contributed by atoms with Gasteiger partial charge < -0.3 is 9.73 Å². The summed E-state index contributed by atoms with van der Waals surface area (Å²) in [6.07, 6.45) is 4.01.